The van der Waals surface area contributed by atoms with E-state index < -0.39 is 32.3 Å². The summed E-state index contributed by atoms with van der Waals surface area (Å²) >= 11 is 5.75. The fourth-order valence-electron chi connectivity index (χ4n) is 2.20. The van der Waals surface area contributed by atoms with Crippen molar-refractivity contribution >= 4 is 33.8 Å². The van der Waals surface area contributed by atoms with Gasteiger partial charge in [0.25, 0.3) is 0 Å². The van der Waals surface area contributed by atoms with Crippen LogP contribution in [0.2, 0.25) is 5.02 Å². The van der Waals surface area contributed by atoms with E-state index in [1.54, 1.807) is 20.8 Å². The molecule has 23 heavy (non-hydrogen) atoms. The average Bonchev–Trinajstić information content (AvgIpc) is 3.12. The number of halogens is 1. The second-order valence-corrected chi connectivity index (χ2v) is 9.04. The molecular formula is C15H18ClNO5S. The Labute approximate surface area is 140 Å². The number of nitrogens with one attached hydrogen (secondary N) is 1. The van der Waals surface area contributed by atoms with Crippen molar-refractivity contribution in [3.63, 3.8) is 0 Å². The summed E-state index contributed by atoms with van der Waals surface area (Å²) in [6, 6.07) is 5.67. The summed E-state index contributed by atoms with van der Waals surface area (Å²) in [5.41, 5.74) is -2.19. The molecule has 0 saturated heterocycles. The van der Waals surface area contributed by atoms with Crippen molar-refractivity contribution in [2.45, 2.75) is 48.5 Å². The minimum atomic E-state index is -3.75. The molecule has 2 atom stereocenters. The van der Waals surface area contributed by atoms with Gasteiger partial charge in [-0.05, 0) is 51.5 Å². The van der Waals surface area contributed by atoms with Crippen LogP contribution in [-0.4, -0.2) is 37.2 Å². The molecule has 0 spiro atoms. The Morgan fingerprint density at radius 1 is 1.35 bits per heavy atom. The third-order valence-corrected chi connectivity index (χ3v) is 5.92. The van der Waals surface area contributed by atoms with Crippen LogP contribution in [0.15, 0.2) is 29.2 Å². The minimum absolute atomic E-state index is 0.0146. The second kappa shape index (κ2) is 5.79. The van der Waals surface area contributed by atoms with Gasteiger partial charge < -0.3 is 14.8 Å². The first-order valence-electron chi connectivity index (χ1n) is 6.97. The minimum Gasteiger partial charge on any atom is -0.444 e. The molecule has 1 amide bonds. The van der Waals surface area contributed by atoms with E-state index in [9.17, 15) is 18.0 Å². The molecule has 1 aliphatic carbocycles. The van der Waals surface area contributed by atoms with E-state index in [0.717, 1.165) is 0 Å². The molecule has 0 aromatic heterocycles. The first-order chi connectivity index (χ1) is 10.5. The monoisotopic (exact) mass is 359 g/mol. The Hall–Kier alpha value is -1.60. The fraction of sp³-hybridized carbons (Fsp3) is 0.467. The van der Waals surface area contributed by atoms with Crippen LogP contribution in [0.1, 0.15) is 27.2 Å². The average molecular weight is 360 g/mol. The van der Waals surface area contributed by atoms with E-state index in [2.05, 4.69) is 5.32 Å². The number of sulfone groups is 1. The van der Waals surface area contributed by atoms with Gasteiger partial charge in [0, 0.05) is 5.02 Å². The summed E-state index contributed by atoms with van der Waals surface area (Å²) in [6.45, 7) is 5.03. The lowest BCUT2D eigenvalue weighted by molar-refractivity contribution is -0.110. The number of hydrogen-bond acceptors (Lipinski definition) is 5. The van der Waals surface area contributed by atoms with Gasteiger partial charge in [0.05, 0.1) is 10.1 Å². The predicted molar refractivity (Wildman–Crippen MR) is 85.2 cm³/mol. The maximum Gasteiger partial charge on any atom is 0.408 e. The number of carbonyl (C=O) groups excluding carboxylic acids is 2. The topological polar surface area (TPSA) is 89.5 Å². The third-order valence-electron chi connectivity index (χ3n) is 3.40. The molecule has 2 rings (SSSR count). The van der Waals surface area contributed by atoms with Crippen molar-refractivity contribution in [1.29, 1.82) is 0 Å². The maximum absolute atomic E-state index is 12.6. The second-order valence-electron chi connectivity index (χ2n) is 6.48. The predicted octanol–water partition coefficient (Wildman–Crippen LogP) is 2.35. The number of carbonyl (C=O) groups is 2. The Kier molecular flexibility index (Phi) is 4.47. The summed E-state index contributed by atoms with van der Waals surface area (Å²) in [5.74, 6) is 0. The molecule has 0 bridgehead atoms. The number of alkyl carbamates (subject to hydrolysis) is 1. The van der Waals surface area contributed by atoms with Gasteiger partial charge >= 0.3 is 6.09 Å². The summed E-state index contributed by atoms with van der Waals surface area (Å²) < 4.78 is 30.2. The largest absolute Gasteiger partial charge is 0.444 e. The number of ether oxygens (including phenoxy) is 1. The maximum atomic E-state index is 12.6. The molecule has 126 valence electrons. The zero-order valence-electron chi connectivity index (χ0n) is 13.0. The first-order valence-corrected chi connectivity index (χ1v) is 8.90. The molecule has 0 aliphatic heterocycles. The third kappa shape index (κ3) is 3.84. The fourth-order valence-corrected chi connectivity index (χ4v) is 4.33. The molecule has 1 aromatic carbocycles. The number of aldehydes is 1. The standard InChI is InChI=1S/C15H18ClNO5S/c1-14(2,3)22-13(19)17-15(9-18)8-12(15)23(20,21)11-6-4-10(16)5-7-11/h4-7,9,12H,8H2,1-3H3,(H,17,19)/t12-,15+/m0/s1. The van der Waals surface area contributed by atoms with Crippen LogP contribution in [0.3, 0.4) is 0 Å². The quantitative estimate of drug-likeness (QED) is 0.833. The number of hydrogen-bond donors (Lipinski definition) is 1. The van der Waals surface area contributed by atoms with Crippen molar-refractivity contribution in [1.82, 2.24) is 5.32 Å². The van der Waals surface area contributed by atoms with E-state index in [0.29, 0.717) is 11.3 Å². The summed E-state index contributed by atoms with van der Waals surface area (Å²) in [5, 5.41) is 1.77. The van der Waals surface area contributed by atoms with Gasteiger partial charge in [0.1, 0.15) is 17.4 Å². The molecular weight excluding hydrogens is 342 g/mol. The molecule has 1 aromatic rings. The molecule has 8 heteroatoms. The summed E-state index contributed by atoms with van der Waals surface area (Å²) in [4.78, 5) is 23.3. The molecule has 1 saturated carbocycles. The zero-order chi connectivity index (χ0) is 17.5. The highest BCUT2D eigenvalue weighted by Crippen LogP contribution is 2.43. The number of benzene rings is 1. The molecule has 0 unspecified atom stereocenters. The highest BCUT2D eigenvalue weighted by atomic mass is 35.5. The summed E-state index contributed by atoms with van der Waals surface area (Å²) in [6.07, 6.45) is -0.353. The first kappa shape index (κ1) is 17.7. The SMILES string of the molecule is CC(C)(C)OC(=O)N[C@@]1(C=O)C[C@@H]1S(=O)(=O)c1ccc(Cl)cc1. The molecule has 6 nitrogen and oxygen atoms in total. The van der Waals surface area contributed by atoms with Crippen LogP contribution < -0.4 is 5.32 Å². The van der Waals surface area contributed by atoms with Crippen molar-refractivity contribution < 1.29 is 22.7 Å². The van der Waals surface area contributed by atoms with E-state index in [1.165, 1.54) is 24.3 Å². The van der Waals surface area contributed by atoms with Crippen molar-refractivity contribution in [2.24, 2.45) is 0 Å². The van der Waals surface area contributed by atoms with E-state index in [4.69, 9.17) is 16.3 Å². The Bertz CT molecular complexity index is 723. The summed E-state index contributed by atoms with van der Waals surface area (Å²) in [7, 11) is -3.75. The van der Waals surface area contributed by atoms with Gasteiger partial charge in [-0.25, -0.2) is 13.2 Å². The normalized spacial score (nSPS) is 23.9. The Morgan fingerprint density at radius 2 is 1.91 bits per heavy atom. The van der Waals surface area contributed by atoms with Gasteiger partial charge in [-0.3, -0.25) is 0 Å². The molecule has 0 radical (unpaired) electrons. The van der Waals surface area contributed by atoms with E-state index in [1.807, 2.05) is 0 Å². The van der Waals surface area contributed by atoms with Crippen LogP contribution in [0, 0.1) is 0 Å². The van der Waals surface area contributed by atoms with Gasteiger partial charge in [0.2, 0.25) is 0 Å². The number of amides is 1. The van der Waals surface area contributed by atoms with E-state index in [-0.39, 0.29) is 11.3 Å². The lowest BCUT2D eigenvalue weighted by Crippen LogP contribution is -2.45. The number of rotatable bonds is 4. The van der Waals surface area contributed by atoms with Crippen molar-refractivity contribution in [3.8, 4) is 0 Å². The van der Waals surface area contributed by atoms with Crippen LogP contribution in [0.25, 0.3) is 0 Å². The molecule has 1 N–H and O–H groups in total. The smallest absolute Gasteiger partial charge is 0.408 e. The van der Waals surface area contributed by atoms with Crippen molar-refractivity contribution in [2.75, 3.05) is 0 Å². The van der Waals surface area contributed by atoms with Gasteiger partial charge in [0.15, 0.2) is 9.84 Å². The van der Waals surface area contributed by atoms with Crippen molar-refractivity contribution in [3.05, 3.63) is 29.3 Å². The van der Waals surface area contributed by atoms with Gasteiger partial charge in [-0.2, -0.15) is 0 Å². The molecule has 1 fully saturated rings. The van der Waals surface area contributed by atoms with Crippen LogP contribution >= 0.6 is 11.6 Å². The van der Waals surface area contributed by atoms with Crippen LogP contribution in [0.4, 0.5) is 4.79 Å². The van der Waals surface area contributed by atoms with Crippen LogP contribution in [-0.2, 0) is 19.4 Å². The highest BCUT2D eigenvalue weighted by Gasteiger charge is 2.63. The lowest BCUT2D eigenvalue weighted by Gasteiger charge is -2.21. The zero-order valence-corrected chi connectivity index (χ0v) is 14.6. The molecule has 0 heterocycles. The van der Waals surface area contributed by atoms with Gasteiger partial charge in [-0.1, -0.05) is 11.6 Å². The van der Waals surface area contributed by atoms with Gasteiger partial charge in [-0.15, -0.1) is 0 Å². The van der Waals surface area contributed by atoms with E-state index >= 15 is 0 Å². The molecule has 1 aliphatic rings. The highest BCUT2D eigenvalue weighted by molar-refractivity contribution is 7.92. The van der Waals surface area contributed by atoms with Crippen LogP contribution in [0.5, 0.6) is 0 Å². The Balaban J connectivity index is 2.18. The Morgan fingerprint density at radius 3 is 2.39 bits per heavy atom. The lowest BCUT2D eigenvalue weighted by atomic mass is 10.2.